The maximum Gasteiger partial charge on any atom is 0.223 e. The zero-order valence-electron chi connectivity index (χ0n) is 15.3. The average molecular weight is 371 g/mol. The van der Waals surface area contributed by atoms with E-state index in [0.29, 0.717) is 6.54 Å². The van der Waals surface area contributed by atoms with Crippen molar-refractivity contribution in [2.24, 2.45) is 5.92 Å². The van der Waals surface area contributed by atoms with Gasteiger partial charge in [0.2, 0.25) is 5.91 Å². The molecule has 144 valence electrons. The van der Waals surface area contributed by atoms with E-state index in [4.69, 9.17) is 9.15 Å². The first-order valence-electron chi connectivity index (χ1n) is 9.49. The van der Waals surface area contributed by atoms with E-state index in [0.717, 1.165) is 69.5 Å². The number of anilines is 2. The van der Waals surface area contributed by atoms with Crippen LogP contribution in [0.3, 0.4) is 0 Å². The summed E-state index contributed by atoms with van der Waals surface area (Å²) in [5, 5.41) is 2.97. The minimum atomic E-state index is 0.0349. The highest BCUT2D eigenvalue weighted by Gasteiger charge is 2.27. The van der Waals surface area contributed by atoms with Crippen LogP contribution in [0.5, 0.6) is 0 Å². The zero-order valence-corrected chi connectivity index (χ0v) is 15.3. The highest BCUT2D eigenvalue weighted by molar-refractivity contribution is 5.79. The van der Waals surface area contributed by atoms with Crippen molar-refractivity contribution in [3.8, 4) is 0 Å². The van der Waals surface area contributed by atoms with Gasteiger partial charge in [0.25, 0.3) is 0 Å². The second-order valence-corrected chi connectivity index (χ2v) is 6.89. The number of furan rings is 1. The Hall–Kier alpha value is -2.61. The molecule has 0 radical (unpaired) electrons. The summed E-state index contributed by atoms with van der Waals surface area (Å²) in [4.78, 5) is 25.7. The van der Waals surface area contributed by atoms with Crippen molar-refractivity contribution >= 4 is 17.4 Å². The zero-order chi connectivity index (χ0) is 18.5. The van der Waals surface area contributed by atoms with Crippen LogP contribution in [0.15, 0.2) is 35.3 Å². The molecule has 2 fully saturated rings. The molecule has 8 nitrogen and oxygen atoms in total. The molecule has 0 unspecified atom stereocenters. The van der Waals surface area contributed by atoms with Crippen molar-refractivity contribution in [3.05, 3.63) is 36.7 Å². The molecule has 0 atom stereocenters. The first-order chi connectivity index (χ1) is 13.3. The summed E-state index contributed by atoms with van der Waals surface area (Å²) >= 11 is 0. The Morgan fingerprint density at radius 2 is 2.00 bits per heavy atom. The van der Waals surface area contributed by atoms with Gasteiger partial charge in [0, 0.05) is 32.1 Å². The third-order valence-electron chi connectivity index (χ3n) is 5.21. The van der Waals surface area contributed by atoms with Gasteiger partial charge in [-0.05, 0) is 25.0 Å². The summed E-state index contributed by atoms with van der Waals surface area (Å²) < 4.78 is 10.7. The molecule has 0 aliphatic carbocycles. The molecule has 0 bridgehead atoms. The van der Waals surface area contributed by atoms with Crippen molar-refractivity contribution in [2.75, 3.05) is 49.2 Å². The molecule has 27 heavy (non-hydrogen) atoms. The van der Waals surface area contributed by atoms with Crippen molar-refractivity contribution in [1.82, 2.24) is 15.3 Å². The fourth-order valence-corrected chi connectivity index (χ4v) is 3.67. The number of nitrogens with zero attached hydrogens (tertiary/aromatic N) is 4. The summed E-state index contributed by atoms with van der Waals surface area (Å²) in [5.74, 6) is 1.88. The van der Waals surface area contributed by atoms with Crippen LogP contribution in [0.2, 0.25) is 0 Å². The Labute approximate surface area is 158 Å². The van der Waals surface area contributed by atoms with E-state index >= 15 is 0 Å². The van der Waals surface area contributed by atoms with E-state index in [2.05, 4.69) is 25.1 Å². The molecule has 2 aromatic rings. The monoisotopic (exact) mass is 371 g/mol. The summed E-state index contributed by atoms with van der Waals surface area (Å²) in [6, 6.07) is 3.69. The third kappa shape index (κ3) is 4.21. The molecule has 4 rings (SSSR count). The normalized spacial score (nSPS) is 18.5. The molecule has 2 saturated heterocycles. The van der Waals surface area contributed by atoms with Crippen molar-refractivity contribution in [3.63, 3.8) is 0 Å². The van der Waals surface area contributed by atoms with Gasteiger partial charge in [-0.15, -0.1) is 0 Å². The van der Waals surface area contributed by atoms with Crippen molar-refractivity contribution < 1.29 is 13.9 Å². The number of aromatic nitrogens is 2. The van der Waals surface area contributed by atoms with Gasteiger partial charge in [0.1, 0.15) is 12.1 Å². The van der Waals surface area contributed by atoms with E-state index < -0.39 is 0 Å². The quantitative estimate of drug-likeness (QED) is 0.851. The number of carbonyl (C=O) groups is 1. The SMILES string of the molecule is O=C(NCc1ccco1)C1CCN(c2cncnc2N2CCOCC2)CC1. The fourth-order valence-electron chi connectivity index (χ4n) is 3.67. The molecule has 0 saturated carbocycles. The van der Waals surface area contributed by atoms with Crippen LogP contribution in [-0.2, 0) is 16.1 Å². The largest absolute Gasteiger partial charge is 0.467 e. The fraction of sp³-hybridized carbons (Fsp3) is 0.526. The van der Waals surface area contributed by atoms with Crippen LogP contribution in [0.25, 0.3) is 0 Å². The Balaban J connectivity index is 1.34. The van der Waals surface area contributed by atoms with Gasteiger partial charge in [-0.3, -0.25) is 4.79 Å². The second kappa shape index (κ2) is 8.39. The molecule has 0 spiro atoms. The maximum atomic E-state index is 12.4. The van der Waals surface area contributed by atoms with Gasteiger partial charge in [0.05, 0.1) is 37.9 Å². The van der Waals surface area contributed by atoms with Crippen LogP contribution in [0.1, 0.15) is 18.6 Å². The summed E-state index contributed by atoms with van der Waals surface area (Å²) in [6.45, 7) is 5.22. The summed E-state index contributed by atoms with van der Waals surface area (Å²) in [6.07, 6.45) is 6.75. The molecule has 0 aromatic carbocycles. The number of carbonyl (C=O) groups excluding carboxylic acids is 1. The predicted octanol–water partition coefficient (Wildman–Crippen LogP) is 1.44. The lowest BCUT2D eigenvalue weighted by molar-refractivity contribution is -0.125. The number of morpholine rings is 1. The van der Waals surface area contributed by atoms with Gasteiger partial charge < -0.3 is 24.3 Å². The first kappa shape index (κ1) is 17.8. The highest BCUT2D eigenvalue weighted by atomic mass is 16.5. The molecule has 1 N–H and O–H groups in total. The highest BCUT2D eigenvalue weighted by Crippen LogP contribution is 2.30. The Morgan fingerprint density at radius 1 is 1.19 bits per heavy atom. The van der Waals surface area contributed by atoms with Gasteiger partial charge in [-0.2, -0.15) is 0 Å². The molecule has 4 heterocycles. The molecule has 8 heteroatoms. The van der Waals surface area contributed by atoms with Crippen LogP contribution in [0.4, 0.5) is 11.5 Å². The molecule has 1 amide bonds. The molecular weight excluding hydrogens is 346 g/mol. The van der Waals surface area contributed by atoms with E-state index in [-0.39, 0.29) is 11.8 Å². The van der Waals surface area contributed by atoms with Crippen molar-refractivity contribution in [1.29, 1.82) is 0 Å². The summed E-state index contributed by atoms with van der Waals surface area (Å²) in [5.41, 5.74) is 1.05. The molecule has 2 aromatic heterocycles. The Morgan fingerprint density at radius 3 is 2.74 bits per heavy atom. The number of piperidine rings is 1. The van der Waals surface area contributed by atoms with Gasteiger partial charge in [0.15, 0.2) is 5.82 Å². The number of hydrogen-bond acceptors (Lipinski definition) is 7. The lowest BCUT2D eigenvalue weighted by atomic mass is 9.95. The number of ether oxygens (including phenoxy) is 1. The molecular formula is C19H25N5O3. The van der Waals surface area contributed by atoms with Crippen molar-refractivity contribution in [2.45, 2.75) is 19.4 Å². The van der Waals surface area contributed by atoms with E-state index in [1.165, 1.54) is 0 Å². The predicted molar refractivity (Wildman–Crippen MR) is 101 cm³/mol. The first-order valence-corrected chi connectivity index (χ1v) is 9.49. The topological polar surface area (TPSA) is 83.7 Å². The van der Waals surface area contributed by atoms with Gasteiger partial charge >= 0.3 is 0 Å². The molecule has 2 aliphatic rings. The smallest absolute Gasteiger partial charge is 0.223 e. The lowest BCUT2D eigenvalue weighted by Crippen LogP contribution is -2.42. The van der Waals surface area contributed by atoms with Crippen LogP contribution in [0, 0.1) is 5.92 Å². The standard InChI is InChI=1S/C19H25N5O3/c25-19(21-12-16-2-1-9-27-16)15-3-5-23(6-4-15)17-13-20-14-22-18(17)24-7-10-26-11-8-24/h1-2,9,13-15H,3-8,10-12H2,(H,21,25). The van der Waals surface area contributed by atoms with Crippen LogP contribution < -0.4 is 15.1 Å². The summed E-state index contributed by atoms with van der Waals surface area (Å²) in [7, 11) is 0. The Kier molecular flexibility index (Phi) is 5.53. The second-order valence-electron chi connectivity index (χ2n) is 6.89. The van der Waals surface area contributed by atoms with Gasteiger partial charge in [-0.25, -0.2) is 9.97 Å². The number of nitrogens with one attached hydrogen (secondary N) is 1. The lowest BCUT2D eigenvalue weighted by Gasteiger charge is -2.36. The maximum absolute atomic E-state index is 12.4. The average Bonchev–Trinajstić information content (AvgIpc) is 3.26. The third-order valence-corrected chi connectivity index (χ3v) is 5.21. The number of rotatable bonds is 5. The minimum absolute atomic E-state index is 0.0349. The van der Waals surface area contributed by atoms with E-state index in [1.54, 1.807) is 12.6 Å². The minimum Gasteiger partial charge on any atom is -0.467 e. The molecule has 2 aliphatic heterocycles. The number of hydrogen-bond donors (Lipinski definition) is 1. The van der Waals surface area contributed by atoms with E-state index in [1.807, 2.05) is 18.3 Å². The van der Waals surface area contributed by atoms with Crippen LogP contribution in [-0.4, -0.2) is 55.3 Å². The van der Waals surface area contributed by atoms with Crippen LogP contribution >= 0.6 is 0 Å². The van der Waals surface area contributed by atoms with E-state index in [9.17, 15) is 4.79 Å². The number of amides is 1. The van der Waals surface area contributed by atoms with Gasteiger partial charge in [-0.1, -0.05) is 0 Å². The Bertz CT molecular complexity index is 738.